The average Bonchev–Trinajstić information content (AvgIpc) is 2.08. The molecule has 1 rings (SSSR count). The fraction of sp³-hybridized carbons (Fsp3) is 0.333. The molecule has 0 aromatic carbocycles. The summed E-state index contributed by atoms with van der Waals surface area (Å²) in [5.41, 5.74) is 0.496. The maximum atomic E-state index is 11.1. The van der Waals surface area contributed by atoms with E-state index in [1.165, 1.54) is 0 Å². The van der Waals surface area contributed by atoms with Gasteiger partial charge in [0, 0.05) is 15.1 Å². The van der Waals surface area contributed by atoms with Crippen molar-refractivity contribution in [3.63, 3.8) is 0 Å². The minimum atomic E-state index is -0.921. The smallest absolute Gasteiger partial charge is 0.327 e. The molecule has 0 aliphatic rings. The summed E-state index contributed by atoms with van der Waals surface area (Å²) in [5, 5.41) is 9.08. The zero-order valence-electron chi connectivity index (χ0n) is 8.24. The van der Waals surface area contributed by atoms with Crippen molar-refractivity contribution < 1.29 is 9.90 Å². The molecule has 1 N–H and O–H groups in total. The van der Waals surface area contributed by atoms with Crippen LogP contribution in [0.25, 0.3) is 0 Å². The van der Waals surface area contributed by atoms with Gasteiger partial charge in [-0.15, -0.1) is 0 Å². The molecule has 82 valence electrons. The molecule has 1 atom stereocenters. The highest BCUT2D eigenvalue weighted by Crippen LogP contribution is 2.27. The van der Waals surface area contributed by atoms with Gasteiger partial charge in [0.25, 0.3) is 0 Å². The summed E-state index contributed by atoms with van der Waals surface area (Å²) in [6.45, 7) is 0. The normalized spacial score (nSPS) is 12.9. The summed E-state index contributed by atoms with van der Waals surface area (Å²) in [5.74, 6) is -0.921. The first-order chi connectivity index (χ1) is 6.93. The molecule has 0 bridgehead atoms. The molecule has 0 saturated heterocycles. The monoisotopic (exact) mass is 336 g/mol. The summed E-state index contributed by atoms with van der Waals surface area (Å²) >= 11 is 6.57. The predicted octanol–water partition coefficient (Wildman–Crippen LogP) is 2.29. The van der Waals surface area contributed by atoms with Crippen LogP contribution in [0.5, 0.6) is 0 Å². The van der Waals surface area contributed by atoms with E-state index in [-0.39, 0.29) is 0 Å². The third kappa shape index (κ3) is 2.99. The zero-order valence-corrected chi connectivity index (χ0v) is 11.4. The van der Waals surface area contributed by atoms with E-state index in [0.717, 1.165) is 4.47 Å². The van der Waals surface area contributed by atoms with Crippen molar-refractivity contribution >= 4 is 37.8 Å². The molecule has 0 aliphatic heterocycles. The maximum Gasteiger partial charge on any atom is 0.327 e. The van der Waals surface area contributed by atoms with Gasteiger partial charge in [0.05, 0.1) is 5.69 Å². The van der Waals surface area contributed by atoms with Gasteiger partial charge in [0.1, 0.15) is 0 Å². The van der Waals surface area contributed by atoms with Crippen LogP contribution in [0.15, 0.2) is 21.2 Å². The molecule has 1 unspecified atom stereocenters. The van der Waals surface area contributed by atoms with Crippen LogP contribution < -0.4 is 0 Å². The molecule has 0 spiro atoms. The molecular weight excluding hydrogens is 328 g/mol. The van der Waals surface area contributed by atoms with E-state index in [1.54, 1.807) is 31.3 Å². The number of hydrogen-bond acceptors (Lipinski definition) is 3. The fourth-order valence-corrected chi connectivity index (χ4v) is 2.41. The van der Waals surface area contributed by atoms with Crippen LogP contribution in [-0.2, 0) is 4.79 Å². The molecule has 0 saturated carbocycles. The molecule has 6 heteroatoms. The first-order valence-corrected chi connectivity index (χ1v) is 5.72. The van der Waals surface area contributed by atoms with E-state index in [1.807, 2.05) is 0 Å². The lowest BCUT2D eigenvalue weighted by atomic mass is 10.2. The van der Waals surface area contributed by atoms with E-state index >= 15 is 0 Å². The van der Waals surface area contributed by atoms with Gasteiger partial charge >= 0.3 is 5.97 Å². The van der Waals surface area contributed by atoms with Crippen molar-refractivity contribution in [1.29, 1.82) is 0 Å². The Morgan fingerprint density at radius 3 is 2.53 bits per heavy atom. The lowest BCUT2D eigenvalue weighted by molar-refractivity contribution is -0.142. The summed E-state index contributed by atoms with van der Waals surface area (Å²) in [4.78, 5) is 16.8. The molecule has 4 nitrogen and oxygen atoms in total. The number of aliphatic carboxylic acids is 1. The van der Waals surface area contributed by atoms with Crippen molar-refractivity contribution in [2.24, 2.45) is 0 Å². The number of carboxylic acids is 1. The second-order valence-corrected chi connectivity index (χ2v) is 4.99. The van der Waals surface area contributed by atoms with Gasteiger partial charge in [0.15, 0.2) is 6.04 Å². The number of likely N-dealkylation sites (N-methyl/N-ethyl adjacent to an activating group) is 1. The number of carbonyl (C=O) groups is 1. The van der Waals surface area contributed by atoms with Gasteiger partial charge in [0.2, 0.25) is 0 Å². The molecule has 1 aromatic rings. The van der Waals surface area contributed by atoms with E-state index in [0.29, 0.717) is 10.2 Å². The first-order valence-electron chi connectivity index (χ1n) is 4.13. The predicted molar refractivity (Wildman–Crippen MR) is 63.7 cm³/mol. The van der Waals surface area contributed by atoms with Gasteiger partial charge in [-0.05, 0) is 52.0 Å². The number of halogens is 2. The Morgan fingerprint density at radius 2 is 2.13 bits per heavy atom. The van der Waals surface area contributed by atoms with Crippen LogP contribution in [0.1, 0.15) is 11.7 Å². The van der Waals surface area contributed by atoms with E-state index in [9.17, 15) is 4.79 Å². The minimum Gasteiger partial charge on any atom is -0.480 e. The average molecular weight is 338 g/mol. The third-order valence-electron chi connectivity index (χ3n) is 1.85. The summed E-state index contributed by atoms with van der Waals surface area (Å²) in [7, 11) is 3.41. The number of rotatable bonds is 3. The molecule has 0 radical (unpaired) electrons. The van der Waals surface area contributed by atoms with Crippen LogP contribution in [0.4, 0.5) is 0 Å². The quantitative estimate of drug-likeness (QED) is 0.919. The fourth-order valence-electron chi connectivity index (χ4n) is 1.21. The van der Waals surface area contributed by atoms with Crippen LogP contribution in [-0.4, -0.2) is 35.1 Å². The molecule has 0 amide bonds. The third-order valence-corrected chi connectivity index (χ3v) is 2.91. The summed E-state index contributed by atoms with van der Waals surface area (Å²) in [6, 6.07) is 1.04. The van der Waals surface area contributed by atoms with Crippen LogP contribution in [0.2, 0.25) is 0 Å². The van der Waals surface area contributed by atoms with Crippen molar-refractivity contribution in [1.82, 2.24) is 9.88 Å². The Bertz CT molecular complexity index is 382. The zero-order chi connectivity index (χ0) is 11.6. The molecule has 0 aliphatic carbocycles. The van der Waals surface area contributed by atoms with Gasteiger partial charge < -0.3 is 5.11 Å². The minimum absolute atomic E-state index is 0.496. The Hall–Kier alpha value is -0.460. The Kier molecular flexibility index (Phi) is 4.24. The molecule has 15 heavy (non-hydrogen) atoms. The van der Waals surface area contributed by atoms with Crippen LogP contribution in [0.3, 0.4) is 0 Å². The Morgan fingerprint density at radius 1 is 1.53 bits per heavy atom. The van der Waals surface area contributed by atoms with E-state index in [4.69, 9.17) is 5.11 Å². The van der Waals surface area contributed by atoms with Crippen LogP contribution >= 0.6 is 31.9 Å². The SMILES string of the molecule is CN(C)C(C(=O)O)c1ncc(Br)cc1Br. The van der Waals surface area contributed by atoms with Gasteiger partial charge in [-0.3, -0.25) is 14.7 Å². The number of carboxylic acid groups (broad SMARTS) is 1. The lowest BCUT2D eigenvalue weighted by Gasteiger charge is -2.20. The van der Waals surface area contributed by atoms with Crippen molar-refractivity contribution in [2.75, 3.05) is 14.1 Å². The lowest BCUT2D eigenvalue weighted by Crippen LogP contribution is -2.28. The van der Waals surface area contributed by atoms with Gasteiger partial charge in [-0.25, -0.2) is 0 Å². The standard InChI is InChI=1S/C9H10Br2N2O2/c1-13(2)8(9(14)15)7-6(11)3-5(10)4-12-7/h3-4,8H,1-2H3,(H,14,15). The Balaban J connectivity index is 3.17. The van der Waals surface area contributed by atoms with E-state index < -0.39 is 12.0 Å². The summed E-state index contributed by atoms with van der Waals surface area (Å²) in [6.07, 6.45) is 1.58. The highest BCUT2D eigenvalue weighted by Gasteiger charge is 2.25. The highest BCUT2D eigenvalue weighted by molar-refractivity contribution is 9.11. The Labute approximate surface area is 105 Å². The highest BCUT2D eigenvalue weighted by atomic mass is 79.9. The summed E-state index contributed by atoms with van der Waals surface area (Å²) < 4.78 is 1.49. The number of hydrogen-bond donors (Lipinski definition) is 1. The largest absolute Gasteiger partial charge is 0.480 e. The van der Waals surface area contributed by atoms with Gasteiger partial charge in [-0.2, -0.15) is 0 Å². The number of pyridine rings is 1. The number of aromatic nitrogens is 1. The molecule has 1 aromatic heterocycles. The maximum absolute atomic E-state index is 11.1. The van der Waals surface area contributed by atoms with Crippen LogP contribution in [0, 0.1) is 0 Å². The van der Waals surface area contributed by atoms with Crippen molar-refractivity contribution in [3.8, 4) is 0 Å². The molecule has 1 heterocycles. The van der Waals surface area contributed by atoms with Gasteiger partial charge in [-0.1, -0.05) is 0 Å². The van der Waals surface area contributed by atoms with Crippen molar-refractivity contribution in [3.05, 3.63) is 26.9 Å². The first kappa shape index (κ1) is 12.6. The topological polar surface area (TPSA) is 53.4 Å². The molecule has 0 fully saturated rings. The molecular formula is C9H10Br2N2O2. The van der Waals surface area contributed by atoms with Crippen molar-refractivity contribution in [2.45, 2.75) is 6.04 Å². The second-order valence-electron chi connectivity index (χ2n) is 3.22. The number of nitrogens with zero attached hydrogens (tertiary/aromatic N) is 2. The second kappa shape index (κ2) is 5.05. The van der Waals surface area contributed by atoms with E-state index in [2.05, 4.69) is 36.8 Å².